The van der Waals surface area contributed by atoms with Gasteiger partial charge in [0, 0.05) is 5.57 Å². The van der Waals surface area contributed by atoms with Crippen molar-refractivity contribution in [3.63, 3.8) is 0 Å². The van der Waals surface area contributed by atoms with Gasteiger partial charge in [0.2, 0.25) is 0 Å². The Balaban J connectivity index is 4.89. The lowest BCUT2D eigenvalue weighted by Gasteiger charge is -2.31. The van der Waals surface area contributed by atoms with Gasteiger partial charge >= 0.3 is 0 Å². The topological polar surface area (TPSA) is 100 Å². The van der Waals surface area contributed by atoms with Crippen molar-refractivity contribution in [1.82, 2.24) is 0 Å². The monoisotopic (exact) mass is 186 g/mol. The van der Waals surface area contributed by atoms with E-state index in [0.29, 0.717) is 0 Å². The molecule has 1 unspecified atom stereocenters. The molecule has 0 radical (unpaired) electrons. The molecule has 0 aliphatic rings. The van der Waals surface area contributed by atoms with Crippen LogP contribution in [0.5, 0.6) is 0 Å². The van der Waals surface area contributed by atoms with Crippen molar-refractivity contribution in [3.8, 4) is 0 Å². The van der Waals surface area contributed by atoms with Crippen molar-refractivity contribution < 1.29 is 24.9 Å². The Labute approximate surface area is 75.3 Å². The summed E-state index contributed by atoms with van der Waals surface area (Å²) in [4.78, 5) is 20.7. The first-order valence-corrected chi connectivity index (χ1v) is 3.70. The lowest BCUT2D eigenvalue weighted by atomic mass is 9.90. The van der Waals surface area contributed by atoms with Gasteiger partial charge in [-0.3, -0.25) is 0 Å². The maximum Gasteiger partial charge on any atom is 0.130 e. The molecule has 13 heavy (non-hydrogen) atoms. The van der Waals surface area contributed by atoms with E-state index < -0.39 is 23.1 Å². The van der Waals surface area contributed by atoms with Crippen LogP contribution in [0.15, 0.2) is 12.2 Å². The predicted octanol–water partition coefficient (Wildman–Crippen LogP) is -2.43. The molecular formula is C8H10O5-2. The first-order valence-electron chi connectivity index (χ1n) is 3.70. The summed E-state index contributed by atoms with van der Waals surface area (Å²) in [5.74, 6) is -3.66. The lowest BCUT2D eigenvalue weighted by Crippen LogP contribution is -2.53. The van der Waals surface area contributed by atoms with Crippen LogP contribution in [0.4, 0.5) is 0 Å². The molecule has 0 rings (SSSR count). The molecule has 1 N–H and O–H groups in total. The van der Waals surface area contributed by atoms with Gasteiger partial charge in [0.25, 0.3) is 0 Å². The molecule has 1 atom stereocenters. The summed E-state index contributed by atoms with van der Waals surface area (Å²) >= 11 is 0. The minimum atomic E-state index is -2.52. The Bertz CT molecular complexity index is 245. The smallest absolute Gasteiger partial charge is 0.130 e. The fourth-order valence-electron chi connectivity index (χ4n) is 0.907. The third-order valence-corrected chi connectivity index (χ3v) is 1.70. The molecule has 0 aliphatic heterocycles. The van der Waals surface area contributed by atoms with Crippen LogP contribution in [-0.4, -0.2) is 22.6 Å². The Morgan fingerprint density at radius 2 is 1.92 bits per heavy atom. The molecular weight excluding hydrogens is 176 g/mol. The van der Waals surface area contributed by atoms with Gasteiger partial charge < -0.3 is 24.9 Å². The maximum atomic E-state index is 10.4. The quantitative estimate of drug-likeness (QED) is 0.481. The summed E-state index contributed by atoms with van der Waals surface area (Å²) in [6.45, 7) is 4.53. The summed E-state index contributed by atoms with van der Waals surface area (Å²) in [7, 11) is 0. The Kier molecular flexibility index (Phi) is 3.62. The van der Waals surface area contributed by atoms with E-state index in [9.17, 15) is 24.9 Å². The molecule has 0 saturated heterocycles. The number of carboxylic acid groups (broad SMARTS) is 2. The number of hydrogen-bond donors (Lipinski definition) is 1. The van der Waals surface area contributed by atoms with E-state index in [0.717, 1.165) is 0 Å². The lowest BCUT2D eigenvalue weighted by molar-refractivity contribution is -0.326. The molecule has 5 nitrogen and oxygen atoms in total. The van der Waals surface area contributed by atoms with Crippen LogP contribution >= 0.6 is 0 Å². The highest BCUT2D eigenvalue weighted by Crippen LogP contribution is 2.20. The van der Waals surface area contributed by atoms with Gasteiger partial charge in [0.1, 0.15) is 5.60 Å². The van der Waals surface area contributed by atoms with Crippen LogP contribution in [0.3, 0.4) is 0 Å². The van der Waals surface area contributed by atoms with Crippen LogP contribution in [0.2, 0.25) is 0 Å². The van der Waals surface area contributed by atoms with Crippen molar-refractivity contribution in [2.75, 3.05) is 0 Å². The van der Waals surface area contributed by atoms with Gasteiger partial charge in [-0.2, -0.15) is 0 Å². The van der Waals surface area contributed by atoms with Crippen LogP contribution in [0.1, 0.15) is 19.8 Å². The number of aliphatic carboxylic acids is 2. The average molecular weight is 186 g/mol. The fourth-order valence-corrected chi connectivity index (χ4v) is 0.907. The van der Waals surface area contributed by atoms with E-state index in [-0.39, 0.29) is 12.8 Å². The van der Waals surface area contributed by atoms with Crippen LogP contribution in [0, 0.1) is 0 Å². The molecule has 0 aromatic heterocycles. The predicted molar refractivity (Wildman–Crippen MR) is 39.0 cm³/mol. The normalized spacial score (nSPS) is 14.6. The molecule has 5 heteroatoms. The van der Waals surface area contributed by atoms with E-state index in [2.05, 4.69) is 6.58 Å². The second-order valence-electron chi connectivity index (χ2n) is 2.66. The highest BCUT2D eigenvalue weighted by molar-refractivity contribution is 5.96. The van der Waals surface area contributed by atoms with Gasteiger partial charge in [-0.1, -0.05) is 19.9 Å². The number of carbonyl (C=O) groups excluding carboxylic acids is 2. The van der Waals surface area contributed by atoms with Crippen LogP contribution in [-0.2, 0) is 9.59 Å². The second-order valence-corrected chi connectivity index (χ2v) is 2.66. The molecule has 0 bridgehead atoms. The van der Waals surface area contributed by atoms with Crippen LogP contribution < -0.4 is 10.2 Å². The third-order valence-electron chi connectivity index (χ3n) is 1.70. The van der Waals surface area contributed by atoms with E-state index in [1.165, 1.54) is 0 Å². The summed E-state index contributed by atoms with van der Waals surface area (Å²) in [5.41, 5.74) is -3.40. The van der Waals surface area contributed by atoms with Gasteiger partial charge in [-0.05, 0) is 6.42 Å². The summed E-state index contributed by atoms with van der Waals surface area (Å²) < 4.78 is 0. The molecule has 0 heterocycles. The maximum absolute atomic E-state index is 10.4. The fraction of sp³-hybridized carbons (Fsp3) is 0.500. The molecule has 0 aromatic carbocycles. The summed E-state index contributed by atoms with van der Waals surface area (Å²) in [6, 6.07) is 0. The zero-order chi connectivity index (χ0) is 10.6. The number of hydrogen-bond acceptors (Lipinski definition) is 5. The van der Waals surface area contributed by atoms with E-state index in [1.807, 2.05) is 0 Å². The van der Waals surface area contributed by atoms with Gasteiger partial charge in [-0.25, -0.2) is 0 Å². The van der Waals surface area contributed by atoms with Gasteiger partial charge in [0.15, 0.2) is 0 Å². The van der Waals surface area contributed by atoms with Gasteiger partial charge in [-0.15, -0.1) is 0 Å². The van der Waals surface area contributed by atoms with Crippen molar-refractivity contribution in [2.24, 2.45) is 0 Å². The van der Waals surface area contributed by atoms with Crippen LogP contribution in [0.25, 0.3) is 0 Å². The molecule has 0 fully saturated rings. The highest BCUT2D eigenvalue weighted by atomic mass is 16.4. The minimum absolute atomic E-state index is 0.262. The average Bonchev–Trinajstić information content (AvgIpc) is 2.02. The zero-order valence-electron chi connectivity index (χ0n) is 7.20. The second kappa shape index (κ2) is 4.04. The van der Waals surface area contributed by atoms with E-state index in [1.54, 1.807) is 6.92 Å². The zero-order valence-corrected chi connectivity index (χ0v) is 7.20. The molecule has 0 spiro atoms. The Morgan fingerprint density at radius 3 is 2.15 bits per heavy atom. The van der Waals surface area contributed by atoms with Crippen molar-refractivity contribution in [2.45, 2.75) is 25.4 Å². The highest BCUT2D eigenvalue weighted by Gasteiger charge is 2.31. The third kappa shape index (κ3) is 2.29. The largest absolute Gasteiger partial charge is 0.547 e. The molecule has 0 aromatic rings. The van der Waals surface area contributed by atoms with Gasteiger partial charge in [0.05, 0.1) is 11.9 Å². The minimum Gasteiger partial charge on any atom is -0.547 e. The van der Waals surface area contributed by atoms with Crippen molar-refractivity contribution >= 4 is 11.9 Å². The summed E-state index contributed by atoms with van der Waals surface area (Å²) in [5, 5.41) is 30.1. The molecule has 0 aliphatic carbocycles. The number of aliphatic hydroxyl groups is 1. The number of carbonyl (C=O) groups is 2. The number of rotatable bonds is 5. The SMILES string of the molecule is C=C(C(=O)[O-])C(O)(CCC)C(=O)[O-]. The van der Waals surface area contributed by atoms with Crippen molar-refractivity contribution in [1.29, 1.82) is 0 Å². The molecule has 0 amide bonds. The first-order chi connectivity index (χ1) is 5.86. The first kappa shape index (κ1) is 11.6. The Morgan fingerprint density at radius 1 is 1.46 bits per heavy atom. The molecule has 0 saturated carbocycles. The van der Waals surface area contributed by atoms with E-state index >= 15 is 0 Å². The standard InChI is InChI=1S/C8H12O5/c1-3-4-8(13,7(11)12)5(2)6(9)10/h13H,2-4H2,1H3,(H,9,10)(H,11,12)/p-2. The summed E-state index contributed by atoms with van der Waals surface area (Å²) in [6.07, 6.45) is 0.0267. The Hall–Kier alpha value is -1.36. The van der Waals surface area contributed by atoms with Crippen molar-refractivity contribution in [3.05, 3.63) is 12.2 Å². The van der Waals surface area contributed by atoms with E-state index in [4.69, 9.17) is 0 Å². The number of carboxylic acids is 2. The molecule has 74 valence electrons.